The van der Waals surface area contributed by atoms with Crippen LogP contribution in [-0.4, -0.2) is 50.8 Å². The summed E-state index contributed by atoms with van der Waals surface area (Å²) in [5, 5.41) is 4.61. The van der Waals surface area contributed by atoms with E-state index in [1.165, 1.54) is 7.11 Å². The number of nitrogens with one attached hydrogen (secondary N) is 2. The fourth-order valence-electron chi connectivity index (χ4n) is 2.21. The molecule has 0 bridgehead atoms. The highest BCUT2D eigenvalue weighted by atomic mass is 16.7. The van der Waals surface area contributed by atoms with E-state index in [-0.39, 0.29) is 13.2 Å². The highest BCUT2D eigenvalue weighted by Gasteiger charge is 2.51. The van der Waals surface area contributed by atoms with Crippen LogP contribution < -0.4 is 16.1 Å². The van der Waals surface area contributed by atoms with Gasteiger partial charge in [-0.15, -0.1) is 0 Å². The van der Waals surface area contributed by atoms with Gasteiger partial charge in [-0.25, -0.2) is 14.9 Å². The molecule has 0 saturated carbocycles. The number of methoxy groups -OCH3 is 1. The summed E-state index contributed by atoms with van der Waals surface area (Å²) in [7, 11) is 1.01. The van der Waals surface area contributed by atoms with Gasteiger partial charge in [0.05, 0.1) is 17.8 Å². The molecule has 1 aliphatic rings. The molecule has 2 N–H and O–H groups in total. The van der Waals surface area contributed by atoms with Gasteiger partial charge in [-0.3, -0.25) is 0 Å². The van der Waals surface area contributed by atoms with Gasteiger partial charge in [0, 0.05) is 12.8 Å². The number of hydrogen-bond acceptors (Lipinski definition) is 6. The number of rotatable bonds is 5. The zero-order valence-corrected chi connectivity index (χ0v) is 15.8. The van der Waals surface area contributed by atoms with E-state index in [1.807, 2.05) is 27.7 Å². The highest BCUT2D eigenvalue weighted by Crippen LogP contribution is 2.36. The fourth-order valence-corrected chi connectivity index (χ4v) is 2.21. The van der Waals surface area contributed by atoms with Crippen molar-refractivity contribution in [2.45, 2.75) is 38.9 Å². The van der Waals surface area contributed by atoms with E-state index in [0.717, 1.165) is 5.46 Å². The number of carbonyl (C=O) groups excluding carboxylic acids is 2. The normalized spacial score (nSPS) is 17.7. The van der Waals surface area contributed by atoms with Gasteiger partial charge in [0.1, 0.15) is 6.61 Å². The lowest BCUT2D eigenvalue weighted by Crippen LogP contribution is -2.41. The summed E-state index contributed by atoms with van der Waals surface area (Å²) in [6, 6.07) is 6.33. The summed E-state index contributed by atoms with van der Waals surface area (Å²) < 4.78 is 21.4. The molecule has 1 aromatic rings. The molecule has 26 heavy (non-hydrogen) atoms. The molecule has 3 amide bonds. The molecule has 1 aliphatic heterocycles. The number of benzene rings is 1. The molecule has 142 valence electrons. The van der Waals surface area contributed by atoms with Gasteiger partial charge in [0.2, 0.25) is 0 Å². The van der Waals surface area contributed by atoms with Gasteiger partial charge in [0.25, 0.3) is 0 Å². The van der Waals surface area contributed by atoms with E-state index < -0.39 is 30.4 Å². The van der Waals surface area contributed by atoms with Crippen LogP contribution in [0.2, 0.25) is 0 Å². The van der Waals surface area contributed by atoms with Crippen LogP contribution in [0.3, 0.4) is 0 Å². The Bertz CT molecular complexity index is 631. The van der Waals surface area contributed by atoms with E-state index >= 15 is 0 Å². The molecular weight excluding hydrogens is 339 g/mol. The average molecular weight is 364 g/mol. The number of ether oxygens (including phenoxy) is 2. The smallest absolute Gasteiger partial charge is 0.447 e. The van der Waals surface area contributed by atoms with Gasteiger partial charge in [-0.1, -0.05) is 12.1 Å². The van der Waals surface area contributed by atoms with E-state index in [0.29, 0.717) is 5.69 Å². The summed E-state index contributed by atoms with van der Waals surface area (Å²) in [6.07, 6.45) is -0.839. The number of hydrogen-bond donors (Lipinski definition) is 2. The van der Waals surface area contributed by atoms with E-state index in [2.05, 4.69) is 10.6 Å². The fraction of sp³-hybridized carbons (Fsp3) is 0.529. The van der Waals surface area contributed by atoms with Crippen LogP contribution in [0.4, 0.5) is 15.3 Å². The molecule has 0 atom stereocenters. The number of amides is 3. The van der Waals surface area contributed by atoms with Crippen LogP contribution in [0.25, 0.3) is 0 Å². The van der Waals surface area contributed by atoms with Crippen molar-refractivity contribution in [3.8, 4) is 0 Å². The first-order valence-electron chi connectivity index (χ1n) is 8.34. The lowest BCUT2D eigenvalue weighted by atomic mass is 9.79. The highest BCUT2D eigenvalue weighted by molar-refractivity contribution is 6.62. The topological polar surface area (TPSA) is 95.1 Å². The number of urea groups is 1. The number of anilines is 1. The molecule has 9 heteroatoms. The van der Waals surface area contributed by atoms with Gasteiger partial charge >= 0.3 is 19.2 Å². The third-order valence-electron chi connectivity index (χ3n) is 4.43. The Kier molecular flexibility index (Phi) is 6.28. The maximum atomic E-state index is 11.8. The van der Waals surface area contributed by atoms with Crippen molar-refractivity contribution in [2.24, 2.45) is 0 Å². The Morgan fingerprint density at radius 3 is 2.15 bits per heavy atom. The van der Waals surface area contributed by atoms with Crippen LogP contribution in [0.1, 0.15) is 27.7 Å². The van der Waals surface area contributed by atoms with E-state index in [1.54, 1.807) is 24.3 Å². The first-order valence-corrected chi connectivity index (χ1v) is 8.34. The van der Waals surface area contributed by atoms with Crippen molar-refractivity contribution < 1.29 is 28.4 Å². The minimum Gasteiger partial charge on any atom is -0.447 e. The Labute approximate surface area is 153 Å². The Hall–Kier alpha value is -2.10. The van der Waals surface area contributed by atoms with Crippen molar-refractivity contribution >= 4 is 30.4 Å². The molecule has 0 aromatic heterocycles. The minimum atomic E-state index is -0.839. The van der Waals surface area contributed by atoms with Crippen LogP contribution in [0.5, 0.6) is 0 Å². The van der Waals surface area contributed by atoms with Gasteiger partial charge in [0.15, 0.2) is 0 Å². The first kappa shape index (κ1) is 20.2. The maximum absolute atomic E-state index is 11.8. The predicted octanol–water partition coefficient (Wildman–Crippen LogP) is 1.89. The third-order valence-corrected chi connectivity index (χ3v) is 4.43. The minimum absolute atomic E-state index is 0.0679. The molecular formula is C17H25BN2O6. The molecule has 1 fully saturated rings. The molecule has 0 aliphatic carbocycles. The molecule has 8 nitrogen and oxygen atoms in total. The van der Waals surface area contributed by atoms with Gasteiger partial charge in [-0.05, 0) is 45.3 Å². The third kappa shape index (κ3) is 4.97. The van der Waals surface area contributed by atoms with Crippen LogP contribution >= 0.6 is 0 Å². The van der Waals surface area contributed by atoms with Crippen LogP contribution in [0, 0.1) is 0 Å². The van der Waals surface area contributed by atoms with Crippen molar-refractivity contribution in [1.29, 1.82) is 0 Å². The maximum Gasteiger partial charge on any atom is 0.494 e. The Morgan fingerprint density at radius 1 is 1.04 bits per heavy atom. The quantitative estimate of drug-likeness (QED) is 0.612. The van der Waals surface area contributed by atoms with E-state index in [4.69, 9.17) is 18.8 Å². The van der Waals surface area contributed by atoms with Crippen molar-refractivity contribution in [3.05, 3.63) is 24.3 Å². The molecule has 2 rings (SSSR count). The largest absolute Gasteiger partial charge is 0.494 e. The van der Waals surface area contributed by atoms with Crippen molar-refractivity contribution in [2.75, 3.05) is 25.6 Å². The molecule has 0 radical (unpaired) electrons. The summed E-state index contributed by atoms with van der Waals surface area (Å²) in [6.45, 7) is 8.27. The Morgan fingerprint density at radius 2 is 1.62 bits per heavy atom. The van der Waals surface area contributed by atoms with Crippen LogP contribution in [0.15, 0.2) is 24.3 Å². The van der Waals surface area contributed by atoms with Crippen molar-refractivity contribution in [1.82, 2.24) is 5.32 Å². The zero-order chi connectivity index (χ0) is 19.4. The summed E-state index contributed by atoms with van der Waals surface area (Å²) in [4.78, 5) is 23.1. The lowest BCUT2D eigenvalue weighted by molar-refractivity contribution is 0.00578. The molecule has 1 heterocycles. The second-order valence-electron chi connectivity index (χ2n) is 6.92. The lowest BCUT2D eigenvalue weighted by Gasteiger charge is -2.32. The SMILES string of the molecule is COCCOC(=O)NC(=O)Nc1ccc(B2OC(C)(C)C(C)(C)O2)cc1. The molecule has 1 aromatic carbocycles. The molecule has 1 saturated heterocycles. The summed E-state index contributed by atoms with van der Waals surface area (Å²) in [5.41, 5.74) is 0.524. The monoisotopic (exact) mass is 364 g/mol. The standard InChI is InChI=1S/C17H25BN2O6/c1-16(2)17(3,4)26-18(25-16)12-6-8-13(9-7-12)19-14(21)20-15(22)24-11-10-23-5/h6-9H,10-11H2,1-5H3,(H2,19,20,21,22). The van der Waals surface area contributed by atoms with Crippen LogP contribution in [-0.2, 0) is 18.8 Å². The average Bonchev–Trinajstić information content (AvgIpc) is 2.76. The number of imide groups is 1. The molecule has 0 spiro atoms. The summed E-state index contributed by atoms with van der Waals surface area (Å²) in [5.74, 6) is 0. The Balaban J connectivity index is 1.88. The van der Waals surface area contributed by atoms with E-state index in [9.17, 15) is 9.59 Å². The summed E-state index contributed by atoms with van der Waals surface area (Å²) >= 11 is 0. The number of alkyl carbamates (subject to hydrolysis) is 1. The van der Waals surface area contributed by atoms with Gasteiger partial charge in [-0.2, -0.15) is 0 Å². The number of carbonyl (C=O) groups is 2. The second-order valence-corrected chi connectivity index (χ2v) is 6.92. The zero-order valence-electron chi connectivity index (χ0n) is 15.8. The molecule has 0 unspecified atom stereocenters. The van der Waals surface area contributed by atoms with Gasteiger partial charge < -0.3 is 24.1 Å². The second kappa shape index (κ2) is 8.07. The first-order chi connectivity index (χ1) is 12.1. The van der Waals surface area contributed by atoms with Crippen molar-refractivity contribution in [3.63, 3.8) is 0 Å². The predicted molar refractivity (Wildman–Crippen MR) is 97.5 cm³/mol.